The summed E-state index contributed by atoms with van der Waals surface area (Å²) in [6, 6.07) is 7.37. The van der Waals surface area contributed by atoms with Gasteiger partial charge in [-0.05, 0) is 25.0 Å². The van der Waals surface area contributed by atoms with Crippen molar-refractivity contribution < 1.29 is 19.1 Å². The van der Waals surface area contributed by atoms with Crippen molar-refractivity contribution in [2.24, 2.45) is 5.92 Å². The van der Waals surface area contributed by atoms with E-state index >= 15 is 0 Å². The fourth-order valence-corrected chi connectivity index (χ4v) is 2.33. The molecular weight excluding hydrogens is 270 g/mol. The maximum absolute atomic E-state index is 12.7. The molecule has 1 aromatic carbocycles. The summed E-state index contributed by atoms with van der Waals surface area (Å²) in [7, 11) is 2.91. The first-order chi connectivity index (χ1) is 10.1. The molecule has 2 rings (SSSR count). The highest BCUT2D eigenvalue weighted by atomic mass is 16.5. The lowest BCUT2D eigenvalue weighted by atomic mass is 10.1. The summed E-state index contributed by atoms with van der Waals surface area (Å²) in [6.45, 7) is 2.14. The van der Waals surface area contributed by atoms with Gasteiger partial charge in [0.05, 0.1) is 25.7 Å². The number of carbonyl (C=O) groups excluding carboxylic acids is 2. The minimum absolute atomic E-state index is 0.0919. The predicted octanol–water partition coefficient (Wildman–Crippen LogP) is 2.11. The zero-order chi connectivity index (χ0) is 15.4. The first-order valence-corrected chi connectivity index (χ1v) is 7.10. The van der Waals surface area contributed by atoms with Crippen molar-refractivity contribution in [2.75, 3.05) is 20.8 Å². The Kier molecular flexibility index (Phi) is 4.83. The molecule has 1 saturated carbocycles. The molecule has 0 N–H and O–H groups in total. The topological polar surface area (TPSA) is 55.8 Å². The van der Waals surface area contributed by atoms with Crippen LogP contribution in [0.2, 0.25) is 0 Å². The summed E-state index contributed by atoms with van der Waals surface area (Å²) in [4.78, 5) is 26.1. The van der Waals surface area contributed by atoms with Crippen molar-refractivity contribution in [2.45, 2.75) is 25.8 Å². The highest BCUT2D eigenvalue weighted by Gasteiger charge is 2.35. The SMILES string of the molecule is COC(=O)C(C)CN(C(=O)c1ccccc1OC)C1CC1. The normalized spacial score (nSPS) is 15.2. The van der Waals surface area contributed by atoms with Crippen molar-refractivity contribution >= 4 is 11.9 Å². The molecule has 1 unspecified atom stereocenters. The van der Waals surface area contributed by atoms with Crippen LogP contribution in [-0.2, 0) is 9.53 Å². The van der Waals surface area contributed by atoms with Crippen LogP contribution in [-0.4, -0.2) is 43.6 Å². The first kappa shape index (κ1) is 15.4. The van der Waals surface area contributed by atoms with Gasteiger partial charge >= 0.3 is 5.97 Å². The molecule has 5 nitrogen and oxygen atoms in total. The smallest absolute Gasteiger partial charge is 0.310 e. The summed E-state index contributed by atoms with van der Waals surface area (Å²) >= 11 is 0. The van der Waals surface area contributed by atoms with Crippen LogP contribution in [0.3, 0.4) is 0 Å². The number of methoxy groups -OCH3 is 2. The standard InChI is InChI=1S/C16H21NO4/c1-11(16(19)21-3)10-17(12-8-9-12)15(18)13-6-4-5-7-14(13)20-2/h4-7,11-12H,8-10H2,1-3H3. The average molecular weight is 291 g/mol. The molecule has 1 fully saturated rings. The predicted molar refractivity (Wildman–Crippen MR) is 78.2 cm³/mol. The van der Waals surface area contributed by atoms with Gasteiger partial charge < -0.3 is 14.4 Å². The highest BCUT2D eigenvalue weighted by molar-refractivity contribution is 5.97. The van der Waals surface area contributed by atoms with Crippen molar-refractivity contribution in [3.05, 3.63) is 29.8 Å². The lowest BCUT2D eigenvalue weighted by molar-refractivity contribution is -0.145. The Balaban J connectivity index is 2.18. The van der Waals surface area contributed by atoms with Gasteiger partial charge in [-0.1, -0.05) is 19.1 Å². The van der Waals surface area contributed by atoms with Crippen LogP contribution < -0.4 is 4.74 Å². The van der Waals surface area contributed by atoms with Gasteiger partial charge in [0.2, 0.25) is 0 Å². The number of amides is 1. The van der Waals surface area contributed by atoms with Crippen LogP contribution in [0.1, 0.15) is 30.1 Å². The Hall–Kier alpha value is -2.04. The molecule has 0 saturated heterocycles. The van der Waals surface area contributed by atoms with E-state index in [2.05, 4.69) is 0 Å². The maximum Gasteiger partial charge on any atom is 0.310 e. The monoisotopic (exact) mass is 291 g/mol. The fraction of sp³-hybridized carbons (Fsp3) is 0.500. The van der Waals surface area contributed by atoms with Crippen LogP contribution in [0.15, 0.2) is 24.3 Å². The second kappa shape index (κ2) is 6.61. The minimum atomic E-state index is -0.339. The molecule has 0 aliphatic heterocycles. The van der Waals surface area contributed by atoms with Gasteiger partial charge in [-0.25, -0.2) is 0 Å². The Bertz CT molecular complexity index is 525. The molecule has 114 valence electrons. The minimum Gasteiger partial charge on any atom is -0.496 e. The van der Waals surface area contributed by atoms with E-state index in [9.17, 15) is 9.59 Å². The number of hydrogen-bond acceptors (Lipinski definition) is 4. The Morgan fingerprint density at radius 1 is 1.29 bits per heavy atom. The molecule has 1 aliphatic carbocycles. The molecule has 1 aliphatic rings. The van der Waals surface area contributed by atoms with Gasteiger partial charge in [0.15, 0.2) is 0 Å². The van der Waals surface area contributed by atoms with E-state index in [1.54, 1.807) is 31.1 Å². The lowest BCUT2D eigenvalue weighted by Crippen LogP contribution is -2.39. The molecular formula is C16H21NO4. The van der Waals surface area contributed by atoms with E-state index in [0.29, 0.717) is 17.9 Å². The van der Waals surface area contributed by atoms with Crippen molar-refractivity contribution in [1.29, 1.82) is 0 Å². The van der Waals surface area contributed by atoms with Crippen LogP contribution in [0, 0.1) is 5.92 Å². The van der Waals surface area contributed by atoms with E-state index in [4.69, 9.17) is 9.47 Å². The summed E-state index contributed by atoms with van der Waals surface area (Å²) in [6.07, 6.45) is 1.96. The number of carbonyl (C=O) groups is 2. The molecule has 0 bridgehead atoms. The van der Waals surface area contributed by atoms with Crippen molar-refractivity contribution in [3.63, 3.8) is 0 Å². The van der Waals surface area contributed by atoms with Crippen molar-refractivity contribution in [1.82, 2.24) is 4.90 Å². The largest absolute Gasteiger partial charge is 0.496 e. The lowest BCUT2D eigenvalue weighted by Gasteiger charge is -2.25. The van der Waals surface area contributed by atoms with Crippen molar-refractivity contribution in [3.8, 4) is 5.75 Å². The maximum atomic E-state index is 12.7. The second-order valence-electron chi connectivity index (χ2n) is 5.31. The van der Waals surface area contributed by atoms with Gasteiger partial charge in [0.25, 0.3) is 5.91 Å². The number of para-hydroxylation sites is 1. The Labute approximate surface area is 124 Å². The quantitative estimate of drug-likeness (QED) is 0.753. The number of rotatable bonds is 6. The molecule has 21 heavy (non-hydrogen) atoms. The summed E-state index contributed by atoms with van der Waals surface area (Å²) in [5.41, 5.74) is 0.531. The van der Waals surface area contributed by atoms with Gasteiger partial charge in [-0.3, -0.25) is 9.59 Å². The van der Waals surface area contributed by atoms with E-state index in [-0.39, 0.29) is 23.8 Å². The van der Waals surface area contributed by atoms with E-state index < -0.39 is 0 Å². The number of hydrogen-bond donors (Lipinski definition) is 0. The molecule has 5 heteroatoms. The number of nitrogens with zero attached hydrogens (tertiary/aromatic N) is 1. The average Bonchev–Trinajstić information content (AvgIpc) is 3.35. The molecule has 0 spiro atoms. The summed E-state index contributed by atoms with van der Waals surface area (Å²) < 4.78 is 9.99. The van der Waals surface area contributed by atoms with E-state index in [0.717, 1.165) is 12.8 Å². The third-order valence-corrected chi connectivity index (χ3v) is 3.66. The zero-order valence-corrected chi connectivity index (χ0v) is 12.7. The van der Waals surface area contributed by atoms with Crippen LogP contribution in [0.4, 0.5) is 0 Å². The number of ether oxygens (including phenoxy) is 2. The van der Waals surface area contributed by atoms with Gasteiger partial charge in [0, 0.05) is 12.6 Å². The Morgan fingerprint density at radius 3 is 2.52 bits per heavy atom. The number of benzene rings is 1. The number of esters is 1. The van der Waals surface area contributed by atoms with Gasteiger partial charge in [-0.15, -0.1) is 0 Å². The molecule has 0 radical (unpaired) electrons. The third-order valence-electron chi connectivity index (χ3n) is 3.66. The van der Waals surface area contributed by atoms with Gasteiger partial charge in [-0.2, -0.15) is 0 Å². The first-order valence-electron chi connectivity index (χ1n) is 7.10. The zero-order valence-electron chi connectivity index (χ0n) is 12.7. The van der Waals surface area contributed by atoms with Crippen LogP contribution in [0.5, 0.6) is 5.75 Å². The van der Waals surface area contributed by atoms with E-state index in [1.807, 2.05) is 12.1 Å². The molecule has 1 amide bonds. The second-order valence-corrected chi connectivity index (χ2v) is 5.31. The molecule has 0 heterocycles. The molecule has 0 aromatic heterocycles. The summed E-state index contributed by atoms with van der Waals surface area (Å²) in [5, 5.41) is 0. The third kappa shape index (κ3) is 3.54. The van der Waals surface area contributed by atoms with Crippen LogP contribution >= 0.6 is 0 Å². The van der Waals surface area contributed by atoms with Crippen LogP contribution in [0.25, 0.3) is 0 Å². The Morgan fingerprint density at radius 2 is 1.95 bits per heavy atom. The molecule has 1 atom stereocenters. The van der Waals surface area contributed by atoms with Gasteiger partial charge in [0.1, 0.15) is 5.75 Å². The van der Waals surface area contributed by atoms with E-state index in [1.165, 1.54) is 7.11 Å². The molecule has 1 aromatic rings. The summed E-state index contributed by atoms with van der Waals surface area (Å²) in [5.74, 6) is -0.174. The fourth-order valence-electron chi connectivity index (χ4n) is 2.33. The highest BCUT2D eigenvalue weighted by Crippen LogP contribution is 2.31.